The molecule has 0 heterocycles. The largest absolute Gasteiger partial charge is 0.466 e. The van der Waals surface area contributed by atoms with Gasteiger partial charge >= 0.3 is 5.97 Å². The van der Waals surface area contributed by atoms with Crippen LogP contribution < -0.4 is 0 Å². The third kappa shape index (κ3) is 6.71. The summed E-state index contributed by atoms with van der Waals surface area (Å²) in [4.78, 5) is 22.4. The maximum Gasteiger partial charge on any atom is 0.306 e. The summed E-state index contributed by atoms with van der Waals surface area (Å²) in [5, 5.41) is 0.0338. The number of Topliss-reactive ketones (excluding diaryl/α,β-unsaturated/α-hetero) is 1. The Bertz CT molecular complexity index is 263. The minimum atomic E-state index is -1.11. The van der Waals surface area contributed by atoms with Crippen LogP contribution >= 0.6 is 0 Å². The summed E-state index contributed by atoms with van der Waals surface area (Å²) >= 11 is 0. The number of hydrogen-bond donors (Lipinski definition) is 0. The maximum absolute atomic E-state index is 11.5. The Morgan fingerprint density at radius 2 is 1.88 bits per heavy atom. The minimum Gasteiger partial charge on any atom is -0.466 e. The lowest BCUT2D eigenvalue weighted by molar-refractivity contribution is -0.144. The highest BCUT2D eigenvalue weighted by Gasteiger charge is 2.14. The first-order chi connectivity index (χ1) is 7.51. The predicted molar refractivity (Wildman–Crippen MR) is 63.6 cm³/mol. The zero-order chi connectivity index (χ0) is 12.6. The molecule has 0 amide bonds. The van der Waals surface area contributed by atoms with Crippen LogP contribution in [0.25, 0.3) is 0 Å². The van der Waals surface area contributed by atoms with Crippen LogP contribution in [-0.4, -0.2) is 33.6 Å². The van der Waals surface area contributed by atoms with E-state index in [4.69, 9.17) is 4.74 Å². The van der Waals surface area contributed by atoms with Gasteiger partial charge in [0.15, 0.2) is 0 Å². The molecule has 5 heteroatoms. The molecule has 0 saturated carbocycles. The Balaban J connectivity index is 3.82. The molecule has 94 valence electrons. The van der Waals surface area contributed by atoms with Crippen LogP contribution in [0.4, 0.5) is 0 Å². The van der Waals surface area contributed by atoms with Crippen LogP contribution in [-0.2, 0) is 25.1 Å². The lowest BCUT2D eigenvalue weighted by Crippen LogP contribution is -2.19. The Kier molecular flexibility index (Phi) is 8.07. The van der Waals surface area contributed by atoms with Gasteiger partial charge in [0.05, 0.1) is 18.8 Å². The second-order valence-corrected chi connectivity index (χ2v) is 5.44. The quantitative estimate of drug-likeness (QED) is 0.610. The van der Waals surface area contributed by atoms with Gasteiger partial charge in [0.2, 0.25) is 0 Å². The highest BCUT2D eigenvalue weighted by atomic mass is 32.2. The molecule has 0 radical (unpaired) electrons. The molecule has 0 spiro atoms. The standard InChI is InChI=1S/C11H20O4S/c1-4-9(3)16(14)8-10(12)6-7-11(13)15-5-2/h9H,4-8H2,1-3H3. The summed E-state index contributed by atoms with van der Waals surface area (Å²) in [5.41, 5.74) is 0. The SMILES string of the molecule is CCOC(=O)CCC(=O)CS(=O)C(C)CC. The Morgan fingerprint density at radius 1 is 1.25 bits per heavy atom. The number of ketones is 1. The van der Waals surface area contributed by atoms with Crippen molar-refractivity contribution in [1.29, 1.82) is 0 Å². The van der Waals surface area contributed by atoms with Gasteiger partial charge in [0, 0.05) is 22.5 Å². The first-order valence-corrected chi connectivity index (χ1v) is 6.93. The van der Waals surface area contributed by atoms with Crippen molar-refractivity contribution in [2.75, 3.05) is 12.4 Å². The number of esters is 1. The number of hydrogen-bond acceptors (Lipinski definition) is 4. The van der Waals surface area contributed by atoms with Crippen molar-refractivity contribution in [2.24, 2.45) is 0 Å². The van der Waals surface area contributed by atoms with E-state index in [1.807, 2.05) is 13.8 Å². The molecule has 2 atom stereocenters. The second-order valence-electron chi connectivity index (χ2n) is 3.59. The highest BCUT2D eigenvalue weighted by molar-refractivity contribution is 7.86. The topological polar surface area (TPSA) is 60.4 Å². The third-order valence-corrected chi connectivity index (χ3v) is 4.08. The van der Waals surface area contributed by atoms with Crippen LogP contribution in [0.2, 0.25) is 0 Å². The fourth-order valence-electron chi connectivity index (χ4n) is 1.03. The average Bonchev–Trinajstić information content (AvgIpc) is 2.25. The van der Waals surface area contributed by atoms with E-state index in [1.54, 1.807) is 6.92 Å². The zero-order valence-electron chi connectivity index (χ0n) is 10.2. The van der Waals surface area contributed by atoms with Crippen LogP contribution in [0.3, 0.4) is 0 Å². The summed E-state index contributed by atoms with van der Waals surface area (Å²) in [6, 6.07) is 0. The van der Waals surface area contributed by atoms with Gasteiger partial charge < -0.3 is 4.74 Å². The van der Waals surface area contributed by atoms with Gasteiger partial charge in [-0.3, -0.25) is 13.8 Å². The van der Waals surface area contributed by atoms with Gasteiger partial charge in [-0.25, -0.2) is 0 Å². The molecule has 16 heavy (non-hydrogen) atoms. The second kappa shape index (κ2) is 8.44. The van der Waals surface area contributed by atoms with E-state index in [2.05, 4.69) is 0 Å². The number of ether oxygens (including phenoxy) is 1. The van der Waals surface area contributed by atoms with E-state index in [1.165, 1.54) is 0 Å². The van der Waals surface area contributed by atoms with Crippen molar-refractivity contribution in [2.45, 2.75) is 45.3 Å². The minimum absolute atomic E-state index is 0.0338. The molecule has 0 N–H and O–H groups in total. The van der Waals surface area contributed by atoms with Gasteiger partial charge in [-0.05, 0) is 13.3 Å². The molecule has 0 aromatic heterocycles. The van der Waals surface area contributed by atoms with E-state index in [-0.39, 0.29) is 35.6 Å². The Hall–Kier alpha value is -0.710. The average molecular weight is 248 g/mol. The van der Waals surface area contributed by atoms with Gasteiger partial charge in [0.1, 0.15) is 5.78 Å². The Morgan fingerprint density at radius 3 is 2.38 bits per heavy atom. The molecule has 0 aromatic carbocycles. The highest BCUT2D eigenvalue weighted by Crippen LogP contribution is 2.03. The lowest BCUT2D eigenvalue weighted by atomic mass is 10.2. The monoisotopic (exact) mass is 248 g/mol. The summed E-state index contributed by atoms with van der Waals surface area (Å²) in [7, 11) is -1.11. The smallest absolute Gasteiger partial charge is 0.306 e. The van der Waals surface area contributed by atoms with Crippen molar-refractivity contribution in [3.8, 4) is 0 Å². The fraction of sp³-hybridized carbons (Fsp3) is 0.818. The molecule has 0 aromatic rings. The number of carbonyl (C=O) groups is 2. The summed E-state index contributed by atoms with van der Waals surface area (Å²) < 4.78 is 16.2. The molecule has 2 unspecified atom stereocenters. The van der Waals surface area contributed by atoms with Gasteiger partial charge in [0.25, 0.3) is 0 Å². The van der Waals surface area contributed by atoms with E-state index < -0.39 is 10.8 Å². The van der Waals surface area contributed by atoms with Gasteiger partial charge in [-0.15, -0.1) is 0 Å². The third-order valence-electron chi connectivity index (χ3n) is 2.24. The van der Waals surface area contributed by atoms with Crippen molar-refractivity contribution < 1.29 is 18.5 Å². The van der Waals surface area contributed by atoms with E-state index in [9.17, 15) is 13.8 Å². The molecule has 0 bridgehead atoms. The van der Waals surface area contributed by atoms with Crippen molar-refractivity contribution in [1.82, 2.24) is 0 Å². The number of rotatable bonds is 8. The first-order valence-electron chi connectivity index (χ1n) is 5.55. The predicted octanol–water partition coefficient (Wildman–Crippen LogP) is 1.45. The zero-order valence-corrected chi connectivity index (χ0v) is 11.0. The van der Waals surface area contributed by atoms with Gasteiger partial charge in [-0.2, -0.15) is 0 Å². The summed E-state index contributed by atoms with van der Waals surface area (Å²) in [6.45, 7) is 5.84. The van der Waals surface area contributed by atoms with Crippen molar-refractivity contribution in [3.63, 3.8) is 0 Å². The van der Waals surface area contributed by atoms with Crippen LogP contribution in [0.15, 0.2) is 0 Å². The summed E-state index contributed by atoms with van der Waals surface area (Å²) in [5.74, 6) is -0.453. The normalized spacial score (nSPS) is 14.2. The fourth-order valence-corrected chi connectivity index (χ4v) is 2.15. The van der Waals surface area contributed by atoms with E-state index >= 15 is 0 Å². The molecule has 0 aliphatic carbocycles. The molecule has 0 saturated heterocycles. The van der Waals surface area contributed by atoms with Crippen LogP contribution in [0, 0.1) is 0 Å². The molecule has 0 aliphatic heterocycles. The molecular formula is C11H20O4S. The number of carbonyl (C=O) groups excluding carboxylic acids is 2. The molecule has 0 rings (SSSR count). The van der Waals surface area contributed by atoms with Crippen LogP contribution in [0.5, 0.6) is 0 Å². The van der Waals surface area contributed by atoms with Gasteiger partial charge in [-0.1, -0.05) is 13.8 Å². The van der Waals surface area contributed by atoms with E-state index in [0.717, 1.165) is 6.42 Å². The first kappa shape index (κ1) is 15.3. The maximum atomic E-state index is 11.5. The molecule has 0 aliphatic rings. The lowest BCUT2D eigenvalue weighted by Gasteiger charge is -2.07. The summed E-state index contributed by atoms with van der Waals surface area (Å²) in [6.07, 6.45) is 1.00. The van der Waals surface area contributed by atoms with E-state index in [0.29, 0.717) is 6.61 Å². The molecular weight excluding hydrogens is 228 g/mol. The van der Waals surface area contributed by atoms with Crippen molar-refractivity contribution >= 4 is 22.6 Å². The van der Waals surface area contributed by atoms with Crippen LogP contribution in [0.1, 0.15) is 40.0 Å². The van der Waals surface area contributed by atoms with Crippen molar-refractivity contribution in [3.05, 3.63) is 0 Å². The molecule has 0 fully saturated rings. The molecule has 4 nitrogen and oxygen atoms in total. The Labute approximate surface area is 99.2 Å².